The highest BCUT2D eigenvalue weighted by molar-refractivity contribution is 5.82. The van der Waals surface area contributed by atoms with Gasteiger partial charge in [0.05, 0.1) is 25.5 Å². The topological polar surface area (TPSA) is 59.6 Å². The lowest BCUT2D eigenvalue weighted by atomic mass is 10.3. The summed E-state index contributed by atoms with van der Waals surface area (Å²) < 4.78 is 49.0. The Bertz CT molecular complexity index is 478. The molecule has 8 heteroatoms. The summed E-state index contributed by atoms with van der Waals surface area (Å²) >= 11 is 0. The van der Waals surface area contributed by atoms with E-state index in [1.807, 2.05) is 0 Å². The fourth-order valence-electron chi connectivity index (χ4n) is 1.47. The maximum atomic E-state index is 13.3. The van der Waals surface area contributed by atoms with Crippen molar-refractivity contribution in [1.82, 2.24) is 5.43 Å². The fraction of sp³-hybridized carbons (Fsp3) is 0.364. The molecule has 0 saturated carbocycles. The van der Waals surface area contributed by atoms with E-state index in [4.69, 9.17) is 9.47 Å². The molecule has 1 saturated heterocycles. The van der Waals surface area contributed by atoms with E-state index in [-0.39, 0.29) is 18.9 Å². The number of hydrogen-bond acceptors (Lipinski definition) is 4. The van der Waals surface area contributed by atoms with Crippen LogP contribution in [0.15, 0.2) is 12.1 Å². The molecule has 5 nitrogen and oxygen atoms in total. The smallest absolute Gasteiger partial charge is 0.269 e. The Morgan fingerprint density at radius 2 is 2.00 bits per heavy atom. The minimum Gasteiger partial charge on any atom is -0.376 e. The number of carbonyl (C=O) groups is 1. The van der Waals surface area contributed by atoms with Crippen LogP contribution in [-0.4, -0.2) is 31.8 Å². The minimum absolute atomic E-state index is 0.0772. The maximum Gasteiger partial charge on any atom is 0.269 e. The number of carbonyl (C=O) groups excluding carboxylic acids is 1. The average Bonchev–Trinajstić information content (AvgIpc) is 2.45. The first-order valence-electron chi connectivity index (χ1n) is 5.48. The van der Waals surface area contributed by atoms with Crippen LogP contribution in [0.5, 0.6) is 0 Å². The summed E-state index contributed by atoms with van der Waals surface area (Å²) in [5.41, 5.74) is 3.91. The highest BCUT2D eigenvalue weighted by atomic mass is 19.2. The van der Waals surface area contributed by atoms with Crippen molar-refractivity contribution in [1.29, 1.82) is 0 Å². The maximum absolute atomic E-state index is 13.3. The van der Waals surface area contributed by atoms with Gasteiger partial charge in [0, 0.05) is 0 Å². The number of halogens is 3. The molecule has 1 heterocycles. The van der Waals surface area contributed by atoms with E-state index in [0.717, 1.165) is 12.1 Å². The number of anilines is 1. The van der Waals surface area contributed by atoms with Crippen molar-refractivity contribution >= 4 is 11.6 Å². The highest BCUT2D eigenvalue weighted by Crippen LogP contribution is 2.18. The lowest BCUT2D eigenvalue weighted by Gasteiger charge is -2.22. The van der Waals surface area contributed by atoms with Crippen LogP contribution in [0.4, 0.5) is 18.9 Å². The van der Waals surface area contributed by atoms with Crippen molar-refractivity contribution in [3.8, 4) is 0 Å². The molecule has 2 rings (SSSR count). The number of rotatable bonds is 3. The zero-order chi connectivity index (χ0) is 13.8. The molecule has 1 aliphatic rings. The number of hydrazine groups is 1. The summed E-state index contributed by atoms with van der Waals surface area (Å²) in [7, 11) is 0. The van der Waals surface area contributed by atoms with E-state index in [2.05, 4.69) is 10.9 Å². The third-order valence-electron chi connectivity index (χ3n) is 2.46. The molecular weight excluding hydrogens is 265 g/mol. The zero-order valence-corrected chi connectivity index (χ0v) is 9.71. The molecule has 0 radical (unpaired) electrons. The van der Waals surface area contributed by atoms with Gasteiger partial charge in [-0.25, -0.2) is 13.2 Å². The molecule has 0 spiro atoms. The van der Waals surface area contributed by atoms with Gasteiger partial charge in [0.15, 0.2) is 23.6 Å². The third-order valence-corrected chi connectivity index (χ3v) is 2.46. The van der Waals surface area contributed by atoms with Crippen LogP contribution in [-0.2, 0) is 14.3 Å². The molecule has 1 atom stereocenters. The Balaban J connectivity index is 1.95. The summed E-state index contributed by atoms with van der Waals surface area (Å²) in [5, 5.41) is 0. The summed E-state index contributed by atoms with van der Waals surface area (Å²) in [6.07, 6.45) is -0.824. The van der Waals surface area contributed by atoms with Crippen molar-refractivity contribution in [2.75, 3.05) is 25.2 Å². The van der Waals surface area contributed by atoms with E-state index in [1.54, 1.807) is 0 Å². The molecule has 1 aliphatic heterocycles. The Hall–Kier alpha value is -1.80. The lowest BCUT2D eigenvalue weighted by Crippen LogP contribution is -2.45. The van der Waals surface area contributed by atoms with E-state index in [1.165, 1.54) is 0 Å². The zero-order valence-electron chi connectivity index (χ0n) is 9.71. The van der Waals surface area contributed by atoms with Crippen molar-refractivity contribution in [3.63, 3.8) is 0 Å². The first-order valence-corrected chi connectivity index (χ1v) is 5.48. The molecule has 1 amide bonds. The number of benzene rings is 1. The standard InChI is InChI=1S/C11H11F3N2O3/c12-6-1-2-7(10(14)9(6)13)15-16-11(17)8-5-18-3-4-19-8/h1-2,8,15H,3-5H2,(H,16,17)/t8-/m1/s1. The molecule has 19 heavy (non-hydrogen) atoms. The highest BCUT2D eigenvalue weighted by Gasteiger charge is 2.23. The Labute approximate surface area is 106 Å². The Morgan fingerprint density at radius 1 is 1.21 bits per heavy atom. The van der Waals surface area contributed by atoms with E-state index >= 15 is 0 Å². The van der Waals surface area contributed by atoms with E-state index in [0.29, 0.717) is 6.61 Å². The second-order valence-electron chi connectivity index (χ2n) is 3.77. The van der Waals surface area contributed by atoms with Gasteiger partial charge < -0.3 is 9.47 Å². The summed E-state index contributed by atoms with van der Waals surface area (Å²) in [6, 6.07) is 1.71. The van der Waals surface area contributed by atoms with Crippen LogP contribution in [0, 0.1) is 17.5 Å². The van der Waals surface area contributed by atoms with Gasteiger partial charge in [-0.05, 0) is 12.1 Å². The van der Waals surface area contributed by atoms with Gasteiger partial charge in [0.2, 0.25) is 0 Å². The molecule has 104 valence electrons. The lowest BCUT2D eigenvalue weighted by molar-refractivity contribution is -0.146. The van der Waals surface area contributed by atoms with Crippen LogP contribution < -0.4 is 10.9 Å². The average molecular weight is 276 g/mol. The second-order valence-corrected chi connectivity index (χ2v) is 3.77. The molecule has 1 fully saturated rings. The van der Waals surface area contributed by atoms with Gasteiger partial charge in [-0.3, -0.25) is 15.6 Å². The van der Waals surface area contributed by atoms with Crippen LogP contribution >= 0.6 is 0 Å². The monoisotopic (exact) mass is 276 g/mol. The van der Waals surface area contributed by atoms with E-state index in [9.17, 15) is 18.0 Å². The fourth-order valence-corrected chi connectivity index (χ4v) is 1.47. The van der Waals surface area contributed by atoms with E-state index < -0.39 is 29.5 Å². The molecule has 2 N–H and O–H groups in total. The second kappa shape index (κ2) is 5.89. The van der Waals surface area contributed by atoms with Crippen LogP contribution in [0.25, 0.3) is 0 Å². The van der Waals surface area contributed by atoms with Gasteiger partial charge in [-0.15, -0.1) is 0 Å². The number of nitrogens with one attached hydrogen (secondary N) is 2. The van der Waals surface area contributed by atoms with Crippen molar-refractivity contribution in [2.45, 2.75) is 6.10 Å². The van der Waals surface area contributed by atoms with Crippen LogP contribution in [0.2, 0.25) is 0 Å². The Morgan fingerprint density at radius 3 is 2.68 bits per heavy atom. The molecule has 0 unspecified atom stereocenters. The van der Waals surface area contributed by atoms with Crippen LogP contribution in [0.3, 0.4) is 0 Å². The largest absolute Gasteiger partial charge is 0.376 e. The number of amides is 1. The minimum atomic E-state index is -1.61. The first kappa shape index (κ1) is 13.6. The number of hydrogen-bond donors (Lipinski definition) is 2. The predicted molar refractivity (Wildman–Crippen MR) is 58.6 cm³/mol. The molecule has 0 aliphatic carbocycles. The van der Waals surface area contributed by atoms with Crippen molar-refractivity contribution < 1.29 is 27.4 Å². The molecule has 0 aromatic heterocycles. The normalized spacial score (nSPS) is 19.0. The Kier molecular flexibility index (Phi) is 4.23. The summed E-state index contributed by atoms with van der Waals surface area (Å²) in [5.74, 6) is -4.93. The molecular formula is C11H11F3N2O3. The van der Waals surface area contributed by atoms with Gasteiger partial charge >= 0.3 is 0 Å². The predicted octanol–water partition coefficient (Wildman–Crippen LogP) is 0.962. The van der Waals surface area contributed by atoms with Gasteiger partial charge in [-0.1, -0.05) is 0 Å². The first-order chi connectivity index (χ1) is 9.09. The molecule has 0 bridgehead atoms. The summed E-state index contributed by atoms with van der Waals surface area (Å²) in [6.45, 7) is 0.750. The van der Waals surface area contributed by atoms with Crippen molar-refractivity contribution in [3.05, 3.63) is 29.6 Å². The molecule has 1 aromatic carbocycles. The van der Waals surface area contributed by atoms with Gasteiger partial charge in [-0.2, -0.15) is 0 Å². The third kappa shape index (κ3) is 3.15. The quantitative estimate of drug-likeness (QED) is 0.638. The van der Waals surface area contributed by atoms with Crippen LogP contribution in [0.1, 0.15) is 0 Å². The van der Waals surface area contributed by atoms with Gasteiger partial charge in [0.1, 0.15) is 0 Å². The molecule has 1 aromatic rings. The summed E-state index contributed by atoms with van der Waals surface area (Å²) in [4.78, 5) is 11.6. The van der Waals surface area contributed by atoms with Gasteiger partial charge in [0.25, 0.3) is 5.91 Å². The SMILES string of the molecule is O=C(NNc1ccc(F)c(F)c1F)[C@H]1COCCO1. The van der Waals surface area contributed by atoms with Crippen molar-refractivity contribution in [2.24, 2.45) is 0 Å². The number of ether oxygens (including phenoxy) is 2.